The average molecular weight is 428 g/mol. The molecule has 0 bridgehead atoms. The zero-order valence-electron chi connectivity index (χ0n) is 17.7. The molecule has 166 valence electrons. The summed E-state index contributed by atoms with van der Waals surface area (Å²) in [5, 5.41) is 12.5. The summed E-state index contributed by atoms with van der Waals surface area (Å²) < 4.78 is 5.33. The number of carbonyl (C=O) groups excluding carboxylic acids is 2. The highest BCUT2D eigenvalue weighted by Gasteiger charge is 2.25. The number of amides is 2. The molecule has 2 aliphatic rings. The van der Waals surface area contributed by atoms with Crippen molar-refractivity contribution < 1.29 is 14.3 Å². The Morgan fingerprint density at radius 1 is 0.903 bits per heavy atom. The fourth-order valence-corrected chi connectivity index (χ4v) is 3.83. The van der Waals surface area contributed by atoms with Crippen LogP contribution in [0.25, 0.3) is 11.4 Å². The molecule has 10 heteroatoms. The van der Waals surface area contributed by atoms with Crippen LogP contribution in [-0.4, -0.2) is 106 Å². The summed E-state index contributed by atoms with van der Waals surface area (Å²) in [6.45, 7) is 6.34. The molecule has 2 fully saturated rings. The number of piperazine rings is 1. The monoisotopic (exact) mass is 427 g/mol. The van der Waals surface area contributed by atoms with E-state index in [0.717, 1.165) is 18.7 Å². The Labute approximate surface area is 181 Å². The van der Waals surface area contributed by atoms with Crippen LogP contribution >= 0.6 is 0 Å². The molecular formula is C21H29N7O3. The van der Waals surface area contributed by atoms with Crippen LogP contribution in [-0.2, 0) is 20.9 Å². The van der Waals surface area contributed by atoms with E-state index >= 15 is 0 Å². The standard InChI is InChI=1S/C21H29N7O3/c29-19(7-4-8-28-23-21(22-24-28)18-5-2-1-3-6-18)26-9-11-27(12-10-26)20(30)17-25-13-15-31-16-14-25/h1-3,5-6H,4,7-17H2. The first kappa shape index (κ1) is 21.4. The maximum atomic E-state index is 12.5. The molecule has 0 unspecified atom stereocenters. The van der Waals surface area contributed by atoms with Crippen molar-refractivity contribution >= 4 is 11.8 Å². The van der Waals surface area contributed by atoms with Crippen molar-refractivity contribution in [1.29, 1.82) is 0 Å². The zero-order chi connectivity index (χ0) is 21.5. The van der Waals surface area contributed by atoms with Gasteiger partial charge in [0, 0.05) is 51.3 Å². The second-order valence-electron chi connectivity index (χ2n) is 7.83. The highest BCUT2D eigenvalue weighted by molar-refractivity contribution is 5.79. The first-order chi connectivity index (χ1) is 15.2. The van der Waals surface area contributed by atoms with E-state index in [4.69, 9.17) is 4.74 Å². The number of aromatic nitrogens is 4. The molecule has 0 atom stereocenters. The van der Waals surface area contributed by atoms with E-state index < -0.39 is 0 Å². The molecule has 0 aliphatic carbocycles. The minimum absolute atomic E-state index is 0.115. The third-order valence-corrected chi connectivity index (χ3v) is 5.68. The van der Waals surface area contributed by atoms with Crippen molar-refractivity contribution in [2.75, 3.05) is 59.0 Å². The second-order valence-corrected chi connectivity index (χ2v) is 7.83. The average Bonchev–Trinajstić information content (AvgIpc) is 3.29. The number of aryl methyl sites for hydroxylation is 1. The number of ether oxygens (including phenoxy) is 1. The maximum absolute atomic E-state index is 12.5. The van der Waals surface area contributed by atoms with Gasteiger partial charge in [-0.25, -0.2) is 0 Å². The van der Waals surface area contributed by atoms with E-state index in [0.29, 0.717) is 71.1 Å². The van der Waals surface area contributed by atoms with Crippen molar-refractivity contribution in [2.24, 2.45) is 0 Å². The number of benzene rings is 1. The van der Waals surface area contributed by atoms with Crippen LogP contribution in [0, 0.1) is 0 Å². The number of nitrogens with zero attached hydrogens (tertiary/aromatic N) is 7. The molecule has 10 nitrogen and oxygen atoms in total. The molecule has 2 saturated heterocycles. The summed E-state index contributed by atoms with van der Waals surface area (Å²) in [4.78, 5) is 32.4. The topological polar surface area (TPSA) is 96.7 Å². The van der Waals surface area contributed by atoms with Crippen molar-refractivity contribution in [1.82, 2.24) is 34.9 Å². The van der Waals surface area contributed by atoms with Crippen LogP contribution in [0.5, 0.6) is 0 Å². The molecule has 2 amide bonds. The molecule has 2 aliphatic heterocycles. The summed E-state index contributed by atoms with van der Waals surface area (Å²) in [6.07, 6.45) is 1.09. The number of carbonyl (C=O) groups is 2. The molecule has 4 rings (SSSR count). The Balaban J connectivity index is 1.16. The first-order valence-electron chi connectivity index (χ1n) is 10.9. The van der Waals surface area contributed by atoms with Gasteiger partial charge in [-0.05, 0) is 11.6 Å². The molecule has 1 aromatic heterocycles. The van der Waals surface area contributed by atoms with Gasteiger partial charge in [-0.2, -0.15) is 4.80 Å². The highest BCUT2D eigenvalue weighted by atomic mass is 16.5. The summed E-state index contributed by atoms with van der Waals surface area (Å²) in [7, 11) is 0. The lowest BCUT2D eigenvalue weighted by atomic mass is 10.2. The van der Waals surface area contributed by atoms with Gasteiger partial charge in [-0.15, -0.1) is 10.2 Å². The Kier molecular flexibility index (Phi) is 7.21. The van der Waals surface area contributed by atoms with Crippen LogP contribution in [0.3, 0.4) is 0 Å². The lowest BCUT2D eigenvalue weighted by Gasteiger charge is -2.36. The zero-order valence-corrected chi connectivity index (χ0v) is 17.7. The molecule has 2 aromatic rings. The van der Waals surface area contributed by atoms with Crippen molar-refractivity contribution in [3.63, 3.8) is 0 Å². The molecule has 3 heterocycles. The summed E-state index contributed by atoms with van der Waals surface area (Å²) in [5.74, 6) is 0.842. The van der Waals surface area contributed by atoms with Crippen LogP contribution in [0.2, 0.25) is 0 Å². The quantitative estimate of drug-likeness (QED) is 0.619. The number of tetrazole rings is 1. The molecule has 0 saturated carbocycles. The van der Waals surface area contributed by atoms with Crippen LogP contribution < -0.4 is 0 Å². The van der Waals surface area contributed by atoms with Gasteiger partial charge in [0.25, 0.3) is 0 Å². The Hall–Kier alpha value is -2.85. The van der Waals surface area contributed by atoms with Crippen molar-refractivity contribution in [3.05, 3.63) is 30.3 Å². The van der Waals surface area contributed by atoms with E-state index in [2.05, 4.69) is 20.3 Å². The van der Waals surface area contributed by atoms with Crippen LogP contribution in [0.4, 0.5) is 0 Å². The molecule has 31 heavy (non-hydrogen) atoms. The normalized spacial score (nSPS) is 17.7. The van der Waals surface area contributed by atoms with Crippen LogP contribution in [0.15, 0.2) is 30.3 Å². The number of hydrogen-bond donors (Lipinski definition) is 0. The van der Waals surface area contributed by atoms with Gasteiger partial charge in [-0.3, -0.25) is 14.5 Å². The summed E-state index contributed by atoms with van der Waals surface area (Å²) in [5.41, 5.74) is 0.922. The Morgan fingerprint density at radius 2 is 1.58 bits per heavy atom. The predicted molar refractivity (Wildman–Crippen MR) is 113 cm³/mol. The third kappa shape index (κ3) is 5.86. The van der Waals surface area contributed by atoms with E-state index in [1.807, 2.05) is 40.1 Å². The van der Waals surface area contributed by atoms with Crippen molar-refractivity contribution in [2.45, 2.75) is 19.4 Å². The fourth-order valence-electron chi connectivity index (χ4n) is 3.83. The second kappa shape index (κ2) is 10.5. The number of morpholine rings is 1. The van der Waals surface area contributed by atoms with Gasteiger partial charge in [0.1, 0.15) is 0 Å². The van der Waals surface area contributed by atoms with E-state index in [9.17, 15) is 9.59 Å². The number of hydrogen-bond acceptors (Lipinski definition) is 7. The summed E-state index contributed by atoms with van der Waals surface area (Å²) in [6, 6.07) is 9.70. The lowest BCUT2D eigenvalue weighted by Crippen LogP contribution is -2.53. The lowest BCUT2D eigenvalue weighted by molar-refractivity contribution is -0.140. The van der Waals surface area contributed by atoms with Gasteiger partial charge in [0.2, 0.25) is 17.6 Å². The molecule has 0 spiro atoms. The van der Waals surface area contributed by atoms with Crippen LogP contribution in [0.1, 0.15) is 12.8 Å². The molecule has 1 aromatic carbocycles. The third-order valence-electron chi connectivity index (χ3n) is 5.68. The van der Waals surface area contributed by atoms with Gasteiger partial charge < -0.3 is 14.5 Å². The Morgan fingerprint density at radius 3 is 2.29 bits per heavy atom. The molecule has 0 radical (unpaired) electrons. The molecule has 0 N–H and O–H groups in total. The maximum Gasteiger partial charge on any atom is 0.236 e. The van der Waals surface area contributed by atoms with E-state index in [1.54, 1.807) is 0 Å². The Bertz CT molecular complexity index is 859. The first-order valence-corrected chi connectivity index (χ1v) is 10.9. The van der Waals surface area contributed by atoms with E-state index in [-0.39, 0.29) is 11.8 Å². The SMILES string of the molecule is O=C(CCCn1nnc(-c2ccccc2)n1)N1CCN(C(=O)CN2CCOCC2)CC1. The van der Waals surface area contributed by atoms with Gasteiger partial charge >= 0.3 is 0 Å². The van der Waals surface area contributed by atoms with Gasteiger partial charge in [0.05, 0.1) is 26.3 Å². The van der Waals surface area contributed by atoms with Gasteiger partial charge in [-0.1, -0.05) is 30.3 Å². The van der Waals surface area contributed by atoms with E-state index in [1.165, 1.54) is 4.80 Å². The summed E-state index contributed by atoms with van der Waals surface area (Å²) >= 11 is 0. The predicted octanol–water partition coefficient (Wildman–Crippen LogP) is 0.123. The fraction of sp³-hybridized carbons (Fsp3) is 0.571. The highest BCUT2D eigenvalue weighted by Crippen LogP contribution is 2.12. The minimum atomic E-state index is 0.115. The van der Waals surface area contributed by atoms with Gasteiger partial charge in [0.15, 0.2) is 0 Å². The molecular weight excluding hydrogens is 398 g/mol. The smallest absolute Gasteiger partial charge is 0.236 e. The largest absolute Gasteiger partial charge is 0.379 e. The number of rotatable bonds is 7. The minimum Gasteiger partial charge on any atom is -0.379 e. The van der Waals surface area contributed by atoms with Crippen molar-refractivity contribution in [3.8, 4) is 11.4 Å².